The maximum Gasteiger partial charge on any atom is 0.220 e. The summed E-state index contributed by atoms with van der Waals surface area (Å²) in [6.45, 7) is -0.243. The molecule has 12 heavy (non-hydrogen) atoms. The van der Waals surface area contributed by atoms with Crippen LogP contribution in [0.4, 0.5) is 0 Å². The monoisotopic (exact) mass is 195 g/mol. The van der Waals surface area contributed by atoms with Gasteiger partial charge in [0.05, 0.1) is 12.7 Å². The Hall–Kier alpha value is -0.320. The van der Waals surface area contributed by atoms with Crippen molar-refractivity contribution in [2.24, 2.45) is 0 Å². The van der Waals surface area contributed by atoms with E-state index in [4.69, 9.17) is 21.8 Å². The second-order valence-corrected chi connectivity index (χ2v) is 2.81. The predicted molar refractivity (Wildman–Crippen MR) is 46.1 cm³/mol. The summed E-state index contributed by atoms with van der Waals surface area (Å²) in [6.07, 6.45) is 0.120. The zero-order valence-electron chi connectivity index (χ0n) is 6.79. The molecule has 0 rings (SSSR count). The smallest absolute Gasteiger partial charge is 0.220 e. The average Bonchev–Trinajstić information content (AvgIpc) is 2.10. The van der Waals surface area contributed by atoms with Crippen molar-refractivity contribution in [2.45, 2.75) is 18.9 Å². The molecular formula is C7H14ClNO3. The summed E-state index contributed by atoms with van der Waals surface area (Å²) < 4.78 is 0. The van der Waals surface area contributed by atoms with E-state index < -0.39 is 6.10 Å². The molecule has 0 aliphatic heterocycles. The molecule has 0 aromatic rings. The third-order valence-electron chi connectivity index (χ3n) is 1.28. The first-order valence-electron chi connectivity index (χ1n) is 3.82. The number of aliphatic hydroxyl groups is 2. The quantitative estimate of drug-likeness (QED) is 0.500. The molecule has 0 heterocycles. The highest BCUT2D eigenvalue weighted by molar-refractivity contribution is 6.17. The predicted octanol–water partition coefficient (Wildman–Crippen LogP) is -0.525. The summed E-state index contributed by atoms with van der Waals surface area (Å²) in [7, 11) is 0. The Morgan fingerprint density at radius 1 is 1.58 bits per heavy atom. The molecule has 0 aromatic carbocycles. The zero-order chi connectivity index (χ0) is 9.40. The third kappa shape index (κ3) is 6.39. The highest BCUT2D eigenvalue weighted by Gasteiger charge is 2.04. The Labute approximate surface area is 76.5 Å². The van der Waals surface area contributed by atoms with Crippen LogP contribution >= 0.6 is 11.6 Å². The van der Waals surface area contributed by atoms with Crippen molar-refractivity contribution in [1.82, 2.24) is 5.32 Å². The molecule has 4 nitrogen and oxygen atoms in total. The molecule has 0 saturated heterocycles. The van der Waals surface area contributed by atoms with Gasteiger partial charge in [0, 0.05) is 18.8 Å². The normalized spacial score (nSPS) is 12.6. The third-order valence-corrected chi connectivity index (χ3v) is 1.55. The number of carbonyl (C=O) groups is 1. The molecule has 0 aliphatic carbocycles. The zero-order valence-corrected chi connectivity index (χ0v) is 7.55. The van der Waals surface area contributed by atoms with E-state index in [1.165, 1.54) is 0 Å². The van der Waals surface area contributed by atoms with E-state index in [1.54, 1.807) is 0 Å². The van der Waals surface area contributed by atoms with Crippen molar-refractivity contribution >= 4 is 17.5 Å². The summed E-state index contributed by atoms with van der Waals surface area (Å²) in [5, 5.41) is 19.7. The van der Waals surface area contributed by atoms with Gasteiger partial charge in [-0.15, -0.1) is 11.6 Å². The molecule has 0 bridgehead atoms. The van der Waals surface area contributed by atoms with E-state index in [-0.39, 0.29) is 19.1 Å². The Balaban J connectivity index is 3.31. The van der Waals surface area contributed by atoms with Gasteiger partial charge in [0.2, 0.25) is 5.91 Å². The van der Waals surface area contributed by atoms with E-state index in [1.807, 2.05) is 0 Å². The van der Waals surface area contributed by atoms with Crippen LogP contribution < -0.4 is 5.32 Å². The van der Waals surface area contributed by atoms with Crippen molar-refractivity contribution in [1.29, 1.82) is 0 Å². The van der Waals surface area contributed by atoms with Crippen LogP contribution in [0.15, 0.2) is 0 Å². The number of aliphatic hydroxyl groups excluding tert-OH is 2. The van der Waals surface area contributed by atoms with Crippen molar-refractivity contribution < 1.29 is 15.0 Å². The number of nitrogens with one attached hydrogen (secondary N) is 1. The fourth-order valence-corrected chi connectivity index (χ4v) is 0.746. The minimum atomic E-state index is -0.870. The van der Waals surface area contributed by atoms with Crippen LogP contribution in [0.1, 0.15) is 12.8 Å². The molecule has 0 fully saturated rings. The number of carbonyl (C=O) groups excluding carboxylic acids is 1. The van der Waals surface area contributed by atoms with E-state index in [0.29, 0.717) is 18.7 Å². The summed E-state index contributed by atoms with van der Waals surface area (Å²) in [6, 6.07) is 0. The highest BCUT2D eigenvalue weighted by Crippen LogP contribution is 1.91. The fourth-order valence-electron chi connectivity index (χ4n) is 0.612. The van der Waals surface area contributed by atoms with Gasteiger partial charge < -0.3 is 15.5 Å². The number of amides is 1. The van der Waals surface area contributed by atoms with Crippen LogP contribution in [0.2, 0.25) is 0 Å². The lowest BCUT2D eigenvalue weighted by Gasteiger charge is -2.07. The first-order chi connectivity index (χ1) is 5.70. The molecule has 1 atom stereocenters. The molecule has 72 valence electrons. The van der Waals surface area contributed by atoms with E-state index in [0.717, 1.165) is 0 Å². The minimum absolute atomic E-state index is 0.0949. The van der Waals surface area contributed by atoms with Crippen LogP contribution in [0.25, 0.3) is 0 Å². The molecule has 0 spiro atoms. The number of hydrogen-bond acceptors (Lipinski definition) is 3. The van der Waals surface area contributed by atoms with Gasteiger partial charge in [-0.2, -0.15) is 0 Å². The van der Waals surface area contributed by atoms with Crippen molar-refractivity contribution in [3.8, 4) is 0 Å². The van der Waals surface area contributed by atoms with Gasteiger partial charge in [0.25, 0.3) is 0 Å². The topological polar surface area (TPSA) is 69.6 Å². The summed E-state index contributed by atoms with van der Waals surface area (Å²) >= 11 is 5.37. The van der Waals surface area contributed by atoms with Crippen LogP contribution in [0, 0.1) is 0 Å². The molecular weight excluding hydrogens is 182 g/mol. The first kappa shape index (κ1) is 11.7. The Bertz CT molecular complexity index is 132. The van der Waals surface area contributed by atoms with Gasteiger partial charge in [0.15, 0.2) is 0 Å². The summed E-state index contributed by atoms with van der Waals surface area (Å²) in [5.74, 6) is 0.304. The summed E-state index contributed by atoms with van der Waals surface area (Å²) in [4.78, 5) is 10.9. The fraction of sp³-hybridized carbons (Fsp3) is 0.857. The average molecular weight is 196 g/mol. The molecule has 5 heteroatoms. The molecule has 0 aromatic heterocycles. The van der Waals surface area contributed by atoms with Gasteiger partial charge in [-0.05, 0) is 6.42 Å². The van der Waals surface area contributed by atoms with Crippen LogP contribution in [-0.4, -0.2) is 41.3 Å². The van der Waals surface area contributed by atoms with Crippen LogP contribution in [0.5, 0.6) is 0 Å². The van der Waals surface area contributed by atoms with Gasteiger partial charge in [-0.1, -0.05) is 0 Å². The first-order valence-corrected chi connectivity index (χ1v) is 4.35. The van der Waals surface area contributed by atoms with Crippen LogP contribution in [0.3, 0.4) is 0 Å². The Morgan fingerprint density at radius 2 is 2.25 bits per heavy atom. The number of halogens is 1. The van der Waals surface area contributed by atoms with Gasteiger partial charge >= 0.3 is 0 Å². The molecule has 3 N–H and O–H groups in total. The Morgan fingerprint density at radius 3 is 2.75 bits per heavy atom. The Kier molecular flexibility index (Phi) is 7.14. The standard InChI is InChI=1S/C7H14ClNO3/c8-3-1-2-7(12)9-4-6(11)5-10/h6,10-11H,1-5H2,(H,9,12). The maximum atomic E-state index is 10.9. The van der Waals surface area contributed by atoms with Crippen molar-refractivity contribution in [3.63, 3.8) is 0 Å². The number of hydrogen-bond donors (Lipinski definition) is 3. The number of rotatable bonds is 6. The van der Waals surface area contributed by atoms with Gasteiger partial charge in [-0.3, -0.25) is 4.79 Å². The van der Waals surface area contributed by atoms with Crippen molar-refractivity contribution in [3.05, 3.63) is 0 Å². The minimum Gasteiger partial charge on any atom is -0.394 e. The van der Waals surface area contributed by atoms with E-state index >= 15 is 0 Å². The largest absolute Gasteiger partial charge is 0.394 e. The second-order valence-electron chi connectivity index (χ2n) is 2.43. The van der Waals surface area contributed by atoms with Gasteiger partial charge in [0.1, 0.15) is 0 Å². The lowest BCUT2D eigenvalue weighted by Crippen LogP contribution is -2.33. The second kappa shape index (κ2) is 7.34. The highest BCUT2D eigenvalue weighted by atomic mass is 35.5. The van der Waals surface area contributed by atoms with E-state index in [2.05, 4.69) is 5.32 Å². The number of alkyl halides is 1. The molecule has 0 radical (unpaired) electrons. The molecule has 1 unspecified atom stereocenters. The molecule has 0 saturated carbocycles. The van der Waals surface area contributed by atoms with Gasteiger partial charge in [-0.25, -0.2) is 0 Å². The lowest BCUT2D eigenvalue weighted by molar-refractivity contribution is -0.121. The lowest BCUT2D eigenvalue weighted by atomic mass is 10.3. The SMILES string of the molecule is O=C(CCCCl)NCC(O)CO. The summed E-state index contributed by atoms with van der Waals surface area (Å²) in [5.41, 5.74) is 0. The van der Waals surface area contributed by atoms with Crippen molar-refractivity contribution in [2.75, 3.05) is 19.0 Å². The molecule has 1 amide bonds. The van der Waals surface area contributed by atoms with E-state index in [9.17, 15) is 4.79 Å². The maximum absolute atomic E-state index is 10.9. The molecule has 0 aliphatic rings. The van der Waals surface area contributed by atoms with Crippen LogP contribution in [-0.2, 0) is 4.79 Å².